The molecule has 0 atom stereocenters. The number of aromatic nitrogens is 2. The van der Waals surface area contributed by atoms with Gasteiger partial charge in [-0.3, -0.25) is 0 Å². The summed E-state index contributed by atoms with van der Waals surface area (Å²) in [6.45, 7) is 6.29. The highest BCUT2D eigenvalue weighted by Crippen LogP contribution is 2.46. The van der Waals surface area contributed by atoms with Gasteiger partial charge in [-0.05, 0) is 60.9 Å². The van der Waals surface area contributed by atoms with E-state index < -0.39 is 0 Å². The van der Waals surface area contributed by atoms with Gasteiger partial charge in [-0.2, -0.15) is 0 Å². The van der Waals surface area contributed by atoms with Crippen LogP contribution in [0.1, 0.15) is 44.1 Å². The minimum Gasteiger partial charge on any atom is -0.355 e. The molecule has 0 bridgehead atoms. The number of anilines is 2. The third-order valence-corrected chi connectivity index (χ3v) is 8.80. The van der Waals surface area contributed by atoms with E-state index in [1.54, 1.807) is 0 Å². The minimum absolute atomic E-state index is 0.605. The second-order valence-electron chi connectivity index (χ2n) is 9.24. The van der Waals surface area contributed by atoms with Crippen LogP contribution in [0.2, 0.25) is 10.0 Å². The van der Waals surface area contributed by atoms with Crippen molar-refractivity contribution >= 4 is 52.2 Å². The van der Waals surface area contributed by atoms with Gasteiger partial charge in [0.25, 0.3) is 0 Å². The summed E-state index contributed by atoms with van der Waals surface area (Å²) in [6, 6.07) is 13.5. The zero-order chi connectivity index (χ0) is 23.5. The fraction of sp³-hybridized carbons (Fsp3) is 0.333. The van der Waals surface area contributed by atoms with Crippen LogP contribution in [0.5, 0.6) is 0 Å². The maximum atomic E-state index is 6.73. The fourth-order valence-electron chi connectivity index (χ4n) is 5.07. The zero-order valence-corrected chi connectivity index (χ0v) is 21.4. The van der Waals surface area contributed by atoms with E-state index in [-0.39, 0.29) is 0 Å². The molecule has 2 aliphatic rings. The molecule has 7 heteroatoms. The van der Waals surface area contributed by atoms with Gasteiger partial charge >= 0.3 is 0 Å². The van der Waals surface area contributed by atoms with Gasteiger partial charge in [-0.1, -0.05) is 72.6 Å². The van der Waals surface area contributed by atoms with Crippen molar-refractivity contribution < 1.29 is 0 Å². The summed E-state index contributed by atoms with van der Waals surface area (Å²) in [5.74, 6) is 0.969. The molecule has 176 valence electrons. The largest absolute Gasteiger partial charge is 0.355 e. The average Bonchev–Trinajstić information content (AvgIpc) is 3.30. The maximum absolute atomic E-state index is 6.73. The molecule has 1 aromatic heterocycles. The Labute approximate surface area is 215 Å². The van der Waals surface area contributed by atoms with E-state index in [9.17, 15) is 0 Å². The van der Waals surface area contributed by atoms with Crippen LogP contribution in [0.4, 0.5) is 11.5 Å². The Balaban J connectivity index is 1.23. The Hall–Kier alpha value is -2.21. The SMILES string of the molecule is C=C(Nc1cccc(Sc2cnc(N3CCC4(CCCC4)CC3)cn2)c1Cl)c1cccc(Cl)c1. The third-order valence-electron chi connectivity index (χ3n) is 7.06. The van der Waals surface area contributed by atoms with Gasteiger partial charge in [-0.15, -0.1) is 0 Å². The predicted octanol–water partition coefficient (Wildman–Crippen LogP) is 8.18. The normalized spacial score (nSPS) is 17.2. The van der Waals surface area contributed by atoms with Gasteiger partial charge in [0.15, 0.2) is 0 Å². The van der Waals surface area contributed by atoms with Crippen LogP contribution in [-0.2, 0) is 0 Å². The molecule has 0 amide bonds. The number of hydrogen-bond donors (Lipinski definition) is 1. The van der Waals surface area contributed by atoms with Gasteiger partial charge in [0.1, 0.15) is 10.8 Å². The maximum Gasteiger partial charge on any atom is 0.147 e. The summed E-state index contributed by atoms with van der Waals surface area (Å²) in [5.41, 5.74) is 3.04. The van der Waals surface area contributed by atoms with E-state index in [0.717, 1.165) is 45.8 Å². The van der Waals surface area contributed by atoms with Gasteiger partial charge < -0.3 is 10.2 Å². The van der Waals surface area contributed by atoms with Crippen LogP contribution < -0.4 is 10.2 Å². The Morgan fingerprint density at radius 2 is 1.74 bits per heavy atom. The molecule has 2 aromatic carbocycles. The molecular weight excluding hydrogens is 483 g/mol. The van der Waals surface area contributed by atoms with Crippen LogP contribution in [0, 0.1) is 5.41 Å². The first kappa shape index (κ1) is 23.5. The molecule has 3 aromatic rings. The molecular formula is C27H28Cl2N4S. The van der Waals surface area contributed by atoms with Crippen molar-refractivity contribution in [2.75, 3.05) is 23.3 Å². The molecule has 5 rings (SSSR count). The lowest BCUT2D eigenvalue weighted by Crippen LogP contribution is -2.39. The van der Waals surface area contributed by atoms with Crippen LogP contribution in [0.3, 0.4) is 0 Å². The number of nitrogens with zero attached hydrogens (tertiary/aromatic N) is 3. The molecule has 4 nitrogen and oxygen atoms in total. The highest BCUT2D eigenvalue weighted by molar-refractivity contribution is 7.99. The Bertz CT molecular complexity index is 1170. The van der Waals surface area contributed by atoms with Gasteiger partial charge in [0.2, 0.25) is 0 Å². The van der Waals surface area contributed by atoms with Crippen molar-refractivity contribution in [3.63, 3.8) is 0 Å². The lowest BCUT2D eigenvalue weighted by molar-refractivity contribution is 0.226. The first-order valence-electron chi connectivity index (χ1n) is 11.8. The van der Waals surface area contributed by atoms with Crippen molar-refractivity contribution in [1.29, 1.82) is 0 Å². The van der Waals surface area contributed by atoms with E-state index in [4.69, 9.17) is 28.2 Å². The molecule has 1 spiro atoms. The predicted molar refractivity (Wildman–Crippen MR) is 144 cm³/mol. The summed E-state index contributed by atoms with van der Waals surface area (Å²) >= 11 is 14.3. The average molecular weight is 512 g/mol. The highest BCUT2D eigenvalue weighted by Gasteiger charge is 2.37. The molecule has 0 unspecified atom stereocenters. The first-order valence-corrected chi connectivity index (χ1v) is 13.3. The zero-order valence-electron chi connectivity index (χ0n) is 19.1. The Morgan fingerprint density at radius 3 is 2.44 bits per heavy atom. The lowest BCUT2D eigenvalue weighted by Gasteiger charge is -2.39. The molecule has 1 saturated heterocycles. The molecule has 1 N–H and O–H groups in total. The molecule has 2 fully saturated rings. The molecule has 2 heterocycles. The minimum atomic E-state index is 0.605. The van der Waals surface area contributed by atoms with E-state index >= 15 is 0 Å². The van der Waals surface area contributed by atoms with E-state index in [0.29, 0.717) is 15.5 Å². The molecule has 34 heavy (non-hydrogen) atoms. The van der Waals surface area contributed by atoms with Gasteiger partial charge in [-0.25, -0.2) is 9.97 Å². The fourth-order valence-corrected chi connectivity index (χ4v) is 6.33. The van der Waals surface area contributed by atoms with Crippen molar-refractivity contribution in [2.45, 2.75) is 48.4 Å². The number of benzene rings is 2. The summed E-state index contributed by atoms with van der Waals surface area (Å²) in [4.78, 5) is 12.7. The number of halogens is 2. The Kier molecular flexibility index (Phi) is 7.05. The second kappa shape index (κ2) is 10.2. The van der Waals surface area contributed by atoms with Crippen LogP contribution in [0.15, 0.2) is 71.4 Å². The van der Waals surface area contributed by atoms with Crippen molar-refractivity contribution in [3.8, 4) is 0 Å². The van der Waals surface area contributed by atoms with E-state index in [1.807, 2.05) is 54.9 Å². The van der Waals surface area contributed by atoms with E-state index in [1.165, 1.54) is 50.3 Å². The number of piperidine rings is 1. The Morgan fingerprint density at radius 1 is 0.971 bits per heavy atom. The van der Waals surface area contributed by atoms with E-state index in [2.05, 4.69) is 21.8 Å². The quantitative estimate of drug-likeness (QED) is 0.361. The summed E-state index contributed by atoms with van der Waals surface area (Å²) in [5, 5.41) is 5.42. The molecule has 1 aliphatic heterocycles. The first-order chi connectivity index (χ1) is 16.5. The van der Waals surface area contributed by atoms with Crippen LogP contribution >= 0.6 is 35.0 Å². The van der Waals surface area contributed by atoms with Crippen molar-refractivity contribution in [2.24, 2.45) is 5.41 Å². The second-order valence-corrected chi connectivity index (χ2v) is 11.1. The van der Waals surface area contributed by atoms with Crippen LogP contribution in [0.25, 0.3) is 5.70 Å². The molecule has 1 aliphatic carbocycles. The number of nitrogens with one attached hydrogen (secondary N) is 1. The molecule has 0 radical (unpaired) electrons. The number of rotatable bonds is 6. The standard InChI is InChI=1S/C27H28Cl2N4S/c1-19(20-6-4-7-21(28)16-20)32-22-8-5-9-23(26(22)29)34-25-18-30-24(17-31-25)33-14-12-27(13-15-33)10-2-3-11-27/h4-9,16-18,32H,1-3,10-15H2. The monoisotopic (exact) mass is 510 g/mol. The van der Waals surface area contributed by atoms with Gasteiger partial charge in [0.05, 0.1) is 23.1 Å². The molecule has 1 saturated carbocycles. The van der Waals surface area contributed by atoms with Crippen molar-refractivity contribution in [3.05, 3.63) is 77.0 Å². The smallest absolute Gasteiger partial charge is 0.147 e. The summed E-state index contributed by atoms with van der Waals surface area (Å²) in [7, 11) is 0. The summed E-state index contributed by atoms with van der Waals surface area (Å²) < 4.78 is 0. The third kappa shape index (κ3) is 5.22. The number of hydrogen-bond acceptors (Lipinski definition) is 5. The van der Waals surface area contributed by atoms with Crippen molar-refractivity contribution in [1.82, 2.24) is 9.97 Å². The highest BCUT2D eigenvalue weighted by atomic mass is 35.5. The van der Waals surface area contributed by atoms with Crippen LogP contribution in [-0.4, -0.2) is 23.1 Å². The lowest BCUT2D eigenvalue weighted by atomic mass is 9.77. The van der Waals surface area contributed by atoms with Gasteiger partial charge in [0, 0.05) is 28.7 Å². The summed E-state index contributed by atoms with van der Waals surface area (Å²) in [6.07, 6.45) is 11.9. The topological polar surface area (TPSA) is 41.1 Å².